The number of benzene rings is 2. The van der Waals surface area contributed by atoms with E-state index in [1.807, 2.05) is 26.0 Å². The molecule has 0 aliphatic rings. The number of carbonyl (C=O) groups is 6. The minimum atomic E-state index is -1.46. The number of unbranched alkanes of at least 4 members (excludes halogenated alkanes) is 1. The quantitative estimate of drug-likeness (QED) is 0.0546. The Hall–Kier alpha value is -6.92. The second-order valence-electron chi connectivity index (χ2n) is 13.4. The van der Waals surface area contributed by atoms with E-state index in [0.717, 1.165) is 12.0 Å². The van der Waals surface area contributed by atoms with E-state index in [-0.39, 0.29) is 60.4 Å². The first-order chi connectivity index (χ1) is 27.2. The van der Waals surface area contributed by atoms with Crippen LogP contribution in [0.2, 0.25) is 0 Å². The van der Waals surface area contributed by atoms with Crippen LogP contribution in [0.1, 0.15) is 83.8 Å². The predicted molar refractivity (Wildman–Crippen MR) is 207 cm³/mol. The molecule has 0 saturated carbocycles. The smallest absolute Gasteiger partial charge is 0.326 e. The van der Waals surface area contributed by atoms with Crippen LogP contribution in [-0.2, 0) is 25.7 Å². The Morgan fingerprint density at radius 1 is 0.737 bits per heavy atom. The Morgan fingerprint density at radius 2 is 1.33 bits per heavy atom. The number of carboxylic acids is 2. The molecular formula is C38H46N10O9. The van der Waals surface area contributed by atoms with Crippen molar-refractivity contribution >= 4 is 58.4 Å². The van der Waals surface area contributed by atoms with E-state index in [1.165, 1.54) is 18.3 Å². The van der Waals surface area contributed by atoms with Crippen molar-refractivity contribution in [2.24, 2.45) is 0 Å². The molecule has 302 valence electrons. The molecule has 0 fully saturated rings. The molecule has 2 aromatic heterocycles. The summed E-state index contributed by atoms with van der Waals surface area (Å²) in [4.78, 5) is 89.9. The van der Waals surface area contributed by atoms with Crippen LogP contribution in [0.3, 0.4) is 0 Å². The van der Waals surface area contributed by atoms with Crippen LogP contribution in [0.15, 0.2) is 54.7 Å². The van der Waals surface area contributed by atoms with Gasteiger partial charge < -0.3 is 47.6 Å². The Kier molecular flexibility index (Phi) is 15.5. The van der Waals surface area contributed by atoms with Crippen molar-refractivity contribution in [3.05, 3.63) is 77.1 Å². The molecular weight excluding hydrogens is 740 g/mol. The molecule has 0 saturated heterocycles. The number of amides is 4. The van der Waals surface area contributed by atoms with Gasteiger partial charge in [0.25, 0.3) is 11.8 Å². The summed E-state index contributed by atoms with van der Waals surface area (Å²) in [7, 11) is 0. The molecule has 0 spiro atoms. The van der Waals surface area contributed by atoms with Crippen molar-refractivity contribution in [1.82, 2.24) is 41.2 Å². The number of aliphatic carboxylic acids is 2. The summed E-state index contributed by atoms with van der Waals surface area (Å²) in [6.07, 6.45) is 2.41. The molecule has 10 N–H and O–H groups in total. The Balaban J connectivity index is 1.15. The number of rotatable bonds is 21. The summed E-state index contributed by atoms with van der Waals surface area (Å²) in [5.74, 6) is -5.31. The Bertz CT molecular complexity index is 2060. The first-order valence-electron chi connectivity index (χ1n) is 18.2. The van der Waals surface area contributed by atoms with E-state index < -0.39 is 54.0 Å². The van der Waals surface area contributed by atoms with Gasteiger partial charge in [-0.15, -0.1) is 0 Å². The van der Waals surface area contributed by atoms with Crippen LogP contribution < -0.4 is 32.3 Å². The predicted octanol–water partition coefficient (Wildman–Crippen LogP) is 2.05. The zero-order valence-electron chi connectivity index (χ0n) is 31.4. The summed E-state index contributed by atoms with van der Waals surface area (Å²) in [6.45, 7) is 4.43. The average Bonchev–Trinajstić information content (AvgIpc) is 3.17. The lowest BCUT2D eigenvalue weighted by Crippen LogP contribution is -2.44. The number of nitrogens with zero attached hydrogens (tertiary/aromatic N) is 4. The Labute approximate surface area is 327 Å². The van der Waals surface area contributed by atoms with Gasteiger partial charge in [0.1, 0.15) is 12.1 Å². The van der Waals surface area contributed by atoms with Gasteiger partial charge in [0.15, 0.2) is 11.2 Å². The van der Waals surface area contributed by atoms with Gasteiger partial charge >= 0.3 is 11.9 Å². The summed E-state index contributed by atoms with van der Waals surface area (Å²) >= 11 is 0. The minimum Gasteiger partial charge on any atom is -0.492 e. The van der Waals surface area contributed by atoms with Gasteiger partial charge in [0.2, 0.25) is 23.6 Å². The van der Waals surface area contributed by atoms with E-state index in [9.17, 15) is 44.1 Å². The average molecular weight is 787 g/mol. The number of anilines is 2. The fourth-order valence-corrected chi connectivity index (χ4v) is 5.54. The molecule has 0 unspecified atom stereocenters. The van der Waals surface area contributed by atoms with Crippen LogP contribution in [-0.4, -0.2) is 95.5 Å². The highest BCUT2D eigenvalue weighted by Gasteiger charge is 2.25. The minimum absolute atomic E-state index is 0.0794. The van der Waals surface area contributed by atoms with Gasteiger partial charge in [-0.1, -0.05) is 17.7 Å². The number of nitrogens with two attached hydrogens (primary N) is 1. The van der Waals surface area contributed by atoms with E-state index >= 15 is 0 Å². The summed E-state index contributed by atoms with van der Waals surface area (Å²) in [5, 5.41) is 42.8. The molecule has 4 amide bonds. The van der Waals surface area contributed by atoms with Gasteiger partial charge in [-0.25, -0.2) is 19.6 Å². The normalized spacial score (nSPS) is 12.5. The largest absolute Gasteiger partial charge is 0.492 e. The lowest BCUT2D eigenvalue weighted by molar-refractivity contribution is -0.143. The number of aromatic hydroxyl groups is 1. The van der Waals surface area contributed by atoms with E-state index in [4.69, 9.17) is 5.73 Å². The van der Waals surface area contributed by atoms with Gasteiger partial charge in [-0.3, -0.25) is 19.2 Å². The number of aryl methyl sites for hydroxylation is 1. The van der Waals surface area contributed by atoms with Crippen molar-refractivity contribution in [1.29, 1.82) is 0 Å². The maximum absolute atomic E-state index is 12.8. The lowest BCUT2D eigenvalue weighted by Gasteiger charge is -2.18. The highest BCUT2D eigenvalue weighted by molar-refractivity contribution is 5.97. The third-order valence-corrected chi connectivity index (χ3v) is 8.70. The lowest BCUT2D eigenvalue weighted by atomic mass is 10.1. The number of aromatic nitrogens is 4. The third kappa shape index (κ3) is 13.7. The monoisotopic (exact) mass is 786 g/mol. The second kappa shape index (κ2) is 20.7. The Morgan fingerprint density at radius 3 is 1.98 bits per heavy atom. The molecule has 4 rings (SSSR count). The third-order valence-electron chi connectivity index (χ3n) is 8.70. The molecule has 2 heterocycles. The van der Waals surface area contributed by atoms with Crippen molar-refractivity contribution in [3.63, 3.8) is 0 Å². The maximum atomic E-state index is 12.8. The van der Waals surface area contributed by atoms with Gasteiger partial charge in [-0.2, -0.15) is 9.97 Å². The second-order valence-corrected chi connectivity index (χ2v) is 13.4. The maximum Gasteiger partial charge on any atom is 0.326 e. The molecule has 0 aliphatic carbocycles. The molecule has 0 radical (unpaired) electrons. The zero-order chi connectivity index (χ0) is 41.5. The first-order valence-corrected chi connectivity index (χ1v) is 18.2. The zero-order valence-corrected chi connectivity index (χ0v) is 31.4. The van der Waals surface area contributed by atoms with E-state index in [0.29, 0.717) is 36.3 Å². The molecule has 57 heavy (non-hydrogen) atoms. The number of hydrogen-bond donors (Lipinski definition) is 9. The molecule has 3 atom stereocenters. The van der Waals surface area contributed by atoms with Crippen LogP contribution in [0.5, 0.6) is 5.88 Å². The summed E-state index contributed by atoms with van der Waals surface area (Å²) < 4.78 is 0. The number of fused-ring (bicyclic) bond motifs is 1. The number of carboxylic acid groups (broad SMARTS) is 2. The fourth-order valence-electron chi connectivity index (χ4n) is 5.54. The molecule has 0 bridgehead atoms. The van der Waals surface area contributed by atoms with Gasteiger partial charge in [0, 0.05) is 42.2 Å². The number of nitrogen functional groups attached to an aromatic ring is 1. The van der Waals surface area contributed by atoms with Gasteiger partial charge in [0.05, 0.1) is 18.4 Å². The van der Waals surface area contributed by atoms with Crippen molar-refractivity contribution in [2.75, 3.05) is 17.6 Å². The van der Waals surface area contributed by atoms with Crippen LogP contribution in [0, 0.1) is 6.92 Å². The number of carbonyl (C=O) groups excluding carboxylic acids is 4. The molecule has 4 aromatic rings. The van der Waals surface area contributed by atoms with Crippen molar-refractivity contribution < 1.29 is 44.1 Å². The molecule has 0 aliphatic heterocycles. The fraction of sp³-hybridized carbons (Fsp3) is 0.368. The molecule has 19 nitrogen and oxygen atoms in total. The highest BCUT2D eigenvalue weighted by Crippen LogP contribution is 2.19. The van der Waals surface area contributed by atoms with Crippen LogP contribution in [0.4, 0.5) is 11.6 Å². The highest BCUT2D eigenvalue weighted by atomic mass is 16.4. The van der Waals surface area contributed by atoms with Crippen LogP contribution >= 0.6 is 0 Å². The SMILES string of the molecule is Cc1ccc(C(=O)NCCCC[C@@H](C)NC(=O)CC[C@H](NC(=O)CC[C@H](NC(=O)c2ccc(NCc3cnc4nc(N)nc(O)c4n3)cc2)C(=O)O)C(=O)O)cc1. The van der Waals surface area contributed by atoms with Crippen molar-refractivity contribution in [3.8, 4) is 5.88 Å². The summed E-state index contributed by atoms with van der Waals surface area (Å²) in [5.41, 5.74) is 8.55. The van der Waals surface area contributed by atoms with Crippen LogP contribution in [0.25, 0.3) is 11.2 Å². The topological polar surface area (TPSA) is 301 Å². The van der Waals surface area contributed by atoms with E-state index in [2.05, 4.69) is 46.5 Å². The van der Waals surface area contributed by atoms with Crippen molar-refractivity contribution in [2.45, 2.75) is 83.5 Å². The molecule has 2 aromatic carbocycles. The standard InChI is InChI=1S/C38H46N10O9/c1-21-6-8-23(9-7-21)33(51)40-18-4-3-5-22(2)43-29(49)16-14-27(36(54)55)45-30(50)17-15-28(37(56)57)46-34(52)24-10-12-25(13-11-24)41-19-26-20-42-32-31(44-26)35(53)48-38(39)47-32/h6-13,20,22,27-28,41H,3-5,14-19H2,1-2H3,(H,40,51)(H,43,49)(H,45,50)(H,46,52)(H,54,55)(H,56,57)(H3,39,42,47,48,53)/t22-,27+,28+/m1/s1. The number of hydrogen-bond acceptors (Lipinski definition) is 13. The summed E-state index contributed by atoms with van der Waals surface area (Å²) in [6, 6.07) is 10.3. The van der Waals surface area contributed by atoms with E-state index in [1.54, 1.807) is 24.3 Å². The van der Waals surface area contributed by atoms with Gasteiger partial charge in [-0.05, 0) is 82.3 Å². The molecule has 19 heteroatoms. The first kappa shape index (κ1) is 42.8. The number of nitrogens with one attached hydrogen (secondary N) is 5.